The third-order valence-electron chi connectivity index (χ3n) is 2.15. The topological polar surface area (TPSA) is 27.0 Å². The zero-order valence-corrected chi connectivity index (χ0v) is 9.01. The lowest BCUT2D eigenvalue weighted by Crippen LogP contribution is -2.29. The Labute approximate surface area is 81.9 Å². The zero-order chi connectivity index (χ0) is 10.3. The van der Waals surface area contributed by atoms with Crippen molar-refractivity contribution in [1.29, 1.82) is 5.26 Å². The Balaban J connectivity index is 3.90. The summed E-state index contributed by atoms with van der Waals surface area (Å²) in [4.78, 5) is 2.26. The van der Waals surface area contributed by atoms with Gasteiger partial charge in [0.15, 0.2) is 0 Å². The van der Waals surface area contributed by atoms with Crippen LogP contribution in [0.25, 0.3) is 0 Å². The maximum absolute atomic E-state index is 8.67. The van der Waals surface area contributed by atoms with Gasteiger partial charge in [-0.2, -0.15) is 5.26 Å². The SMILES string of the molecule is C=C(CC)CN(CC)CC(C)C#N. The molecule has 0 bridgehead atoms. The lowest BCUT2D eigenvalue weighted by atomic mass is 10.1. The Morgan fingerprint density at radius 3 is 2.54 bits per heavy atom. The van der Waals surface area contributed by atoms with Crippen molar-refractivity contribution in [2.75, 3.05) is 19.6 Å². The third kappa shape index (κ3) is 5.43. The van der Waals surface area contributed by atoms with Gasteiger partial charge in [0.05, 0.1) is 12.0 Å². The summed E-state index contributed by atoms with van der Waals surface area (Å²) in [5.74, 6) is 0.115. The first-order valence-electron chi connectivity index (χ1n) is 4.92. The van der Waals surface area contributed by atoms with Crippen molar-refractivity contribution in [2.24, 2.45) is 5.92 Å². The highest BCUT2D eigenvalue weighted by Gasteiger charge is 2.07. The second-order valence-electron chi connectivity index (χ2n) is 3.46. The molecule has 0 aromatic carbocycles. The van der Waals surface area contributed by atoms with Gasteiger partial charge in [-0.1, -0.05) is 26.0 Å². The molecular weight excluding hydrogens is 160 g/mol. The standard InChI is InChI=1S/C11H20N2/c1-5-10(3)8-13(6-2)9-11(4)7-12/h11H,3,5-6,8-9H2,1-2,4H3. The van der Waals surface area contributed by atoms with Crippen LogP contribution in [0.2, 0.25) is 0 Å². The molecule has 1 atom stereocenters. The molecule has 13 heavy (non-hydrogen) atoms. The second-order valence-corrected chi connectivity index (χ2v) is 3.46. The van der Waals surface area contributed by atoms with Crippen LogP contribution in [0, 0.1) is 17.2 Å². The monoisotopic (exact) mass is 180 g/mol. The number of rotatable bonds is 6. The lowest BCUT2D eigenvalue weighted by Gasteiger charge is -2.22. The largest absolute Gasteiger partial charge is 0.298 e. The van der Waals surface area contributed by atoms with Crippen LogP contribution in [0.5, 0.6) is 0 Å². The Bertz CT molecular complexity index is 191. The molecule has 0 aromatic rings. The molecule has 0 aliphatic heterocycles. The van der Waals surface area contributed by atoms with E-state index < -0.39 is 0 Å². The summed E-state index contributed by atoms with van der Waals surface area (Å²) < 4.78 is 0. The van der Waals surface area contributed by atoms with Gasteiger partial charge in [-0.25, -0.2) is 0 Å². The molecule has 0 aromatic heterocycles. The van der Waals surface area contributed by atoms with Gasteiger partial charge in [0, 0.05) is 13.1 Å². The van der Waals surface area contributed by atoms with Crippen LogP contribution < -0.4 is 0 Å². The van der Waals surface area contributed by atoms with Gasteiger partial charge in [0.2, 0.25) is 0 Å². The highest BCUT2D eigenvalue weighted by Crippen LogP contribution is 2.04. The molecule has 0 aliphatic carbocycles. The molecule has 0 fully saturated rings. The van der Waals surface area contributed by atoms with Gasteiger partial charge < -0.3 is 0 Å². The smallest absolute Gasteiger partial charge is 0.0666 e. The first-order chi connectivity index (χ1) is 6.13. The van der Waals surface area contributed by atoms with Crippen molar-refractivity contribution in [3.8, 4) is 6.07 Å². The number of hydrogen-bond donors (Lipinski definition) is 0. The quantitative estimate of drug-likeness (QED) is 0.587. The summed E-state index contributed by atoms with van der Waals surface area (Å²) in [6.45, 7) is 12.9. The highest BCUT2D eigenvalue weighted by atomic mass is 15.1. The van der Waals surface area contributed by atoms with E-state index in [9.17, 15) is 0 Å². The second kappa shape index (κ2) is 6.68. The van der Waals surface area contributed by atoms with E-state index >= 15 is 0 Å². The average Bonchev–Trinajstić information content (AvgIpc) is 2.16. The number of likely N-dealkylation sites (N-methyl/N-ethyl adjacent to an activating group) is 1. The van der Waals surface area contributed by atoms with Crippen molar-refractivity contribution >= 4 is 0 Å². The molecular formula is C11H20N2. The molecule has 2 nitrogen and oxygen atoms in total. The maximum atomic E-state index is 8.67. The maximum Gasteiger partial charge on any atom is 0.0666 e. The molecule has 2 heteroatoms. The summed E-state index contributed by atoms with van der Waals surface area (Å²) in [6, 6.07) is 2.25. The van der Waals surface area contributed by atoms with Crippen LogP contribution in [-0.2, 0) is 0 Å². The number of nitrogens with zero attached hydrogens (tertiary/aromatic N) is 2. The van der Waals surface area contributed by atoms with E-state index in [0.717, 1.165) is 26.1 Å². The van der Waals surface area contributed by atoms with Crippen LogP contribution in [0.3, 0.4) is 0 Å². The van der Waals surface area contributed by atoms with Gasteiger partial charge >= 0.3 is 0 Å². The first kappa shape index (κ1) is 12.2. The average molecular weight is 180 g/mol. The zero-order valence-electron chi connectivity index (χ0n) is 9.01. The Hall–Kier alpha value is -0.810. The van der Waals surface area contributed by atoms with Gasteiger partial charge in [0.25, 0.3) is 0 Å². The summed E-state index contributed by atoms with van der Waals surface area (Å²) in [5.41, 5.74) is 1.24. The Morgan fingerprint density at radius 1 is 1.54 bits per heavy atom. The number of hydrogen-bond acceptors (Lipinski definition) is 2. The van der Waals surface area contributed by atoms with Gasteiger partial charge in [-0.3, -0.25) is 4.90 Å². The molecule has 0 spiro atoms. The van der Waals surface area contributed by atoms with E-state index in [0.29, 0.717) is 0 Å². The first-order valence-corrected chi connectivity index (χ1v) is 4.92. The Kier molecular flexibility index (Phi) is 6.26. The minimum atomic E-state index is 0.115. The summed E-state index contributed by atoms with van der Waals surface area (Å²) in [6.07, 6.45) is 1.03. The molecule has 0 amide bonds. The molecule has 0 saturated carbocycles. The highest BCUT2D eigenvalue weighted by molar-refractivity contribution is 4.96. The Morgan fingerprint density at radius 2 is 2.15 bits per heavy atom. The van der Waals surface area contributed by atoms with E-state index in [-0.39, 0.29) is 5.92 Å². The summed E-state index contributed by atoms with van der Waals surface area (Å²) in [5, 5.41) is 8.67. The minimum absolute atomic E-state index is 0.115. The number of nitriles is 1. The molecule has 0 radical (unpaired) electrons. The molecule has 0 rings (SSSR count). The van der Waals surface area contributed by atoms with Crippen molar-refractivity contribution in [3.63, 3.8) is 0 Å². The predicted octanol–water partition coefficient (Wildman–Crippen LogP) is 2.43. The minimum Gasteiger partial charge on any atom is -0.298 e. The molecule has 0 saturated heterocycles. The van der Waals surface area contributed by atoms with Crippen molar-refractivity contribution in [1.82, 2.24) is 4.90 Å². The van der Waals surface area contributed by atoms with Crippen molar-refractivity contribution < 1.29 is 0 Å². The fourth-order valence-corrected chi connectivity index (χ4v) is 1.16. The normalized spacial score (nSPS) is 12.5. The fraction of sp³-hybridized carbons (Fsp3) is 0.727. The lowest BCUT2D eigenvalue weighted by molar-refractivity contribution is 0.288. The van der Waals surface area contributed by atoms with Crippen molar-refractivity contribution in [3.05, 3.63) is 12.2 Å². The predicted molar refractivity (Wildman–Crippen MR) is 56.3 cm³/mol. The van der Waals surface area contributed by atoms with E-state index in [1.165, 1.54) is 5.57 Å². The van der Waals surface area contributed by atoms with Crippen molar-refractivity contribution in [2.45, 2.75) is 27.2 Å². The summed E-state index contributed by atoms with van der Waals surface area (Å²) >= 11 is 0. The van der Waals surface area contributed by atoms with E-state index in [1.807, 2.05) is 6.92 Å². The van der Waals surface area contributed by atoms with E-state index in [2.05, 4.69) is 31.4 Å². The summed E-state index contributed by atoms with van der Waals surface area (Å²) in [7, 11) is 0. The van der Waals surface area contributed by atoms with Gasteiger partial charge in [-0.15, -0.1) is 0 Å². The van der Waals surface area contributed by atoms with Gasteiger partial charge in [-0.05, 0) is 19.9 Å². The molecule has 1 unspecified atom stereocenters. The van der Waals surface area contributed by atoms with E-state index in [4.69, 9.17) is 5.26 Å². The molecule has 74 valence electrons. The van der Waals surface area contributed by atoms with Crippen LogP contribution in [0.4, 0.5) is 0 Å². The van der Waals surface area contributed by atoms with Crippen LogP contribution >= 0.6 is 0 Å². The van der Waals surface area contributed by atoms with E-state index in [1.54, 1.807) is 0 Å². The van der Waals surface area contributed by atoms with Crippen LogP contribution in [0.1, 0.15) is 27.2 Å². The molecule has 0 heterocycles. The fourth-order valence-electron chi connectivity index (χ4n) is 1.16. The van der Waals surface area contributed by atoms with Crippen LogP contribution in [0.15, 0.2) is 12.2 Å². The molecule has 0 aliphatic rings. The van der Waals surface area contributed by atoms with Crippen LogP contribution in [-0.4, -0.2) is 24.5 Å². The third-order valence-corrected chi connectivity index (χ3v) is 2.15. The van der Waals surface area contributed by atoms with Gasteiger partial charge in [0.1, 0.15) is 0 Å². The molecule has 0 N–H and O–H groups in total.